The molecule has 152 valence electrons. The molecule has 0 spiro atoms. The Morgan fingerprint density at radius 2 is 1.93 bits per heavy atom. The number of benzene rings is 2. The maximum absolute atomic E-state index is 13.6. The van der Waals surface area contributed by atoms with Crippen LogP contribution in [0.4, 0.5) is 5.69 Å². The molecule has 0 saturated heterocycles. The summed E-state index contributed by atoms with van der Waals surface area (Å²) in [5, 5.41) is 3.07. The van der Waals surface area contributed by atoms with E-state index in [0.29, 0.717) is 30.6 Å². The molecule has 0 bridgehead atoms. The van der Waals surface area contributed by atoms with E-state index in [-0.39, 0.29) is 11.8 Å². The third kappa shape index (κ3) is 3.44. The molecule has 1 N–H and O–H groups in total. The summed E-state index contributed by atoms with van der Waals surface area (Å²) in [5.41, 5.74) is 2.52. The molecular weight excluding hydrogens is 432 g/mol. The van der Waals surface area contributed by atoms with Gasteiger partial charge in [0.1, 0.15) is 11.3 Å². The highest BCUT2D eigenvalue weighted by molar-refractivity contribution is 9.10. The van der Waals surface area contributed by atoms with Gasteiger partial charge in [0, 0.05) is 28.3 Å². The Morgan fingerprint density at radius 1 is 1.17 bits per heavy atom. The number of nitrogens with one attached hydrogen (secondary N) is 1. The normalized spacial score (nSPS) is 17.8. The average molecular weight is 457 g/mol. The highest BCUT2D eigenvalue weighted by Crippen LogP contribution is 2.41. The Kier molecular flexibility index (Phi) is 5.38. The Bertz CT molecular complexity index is 967. The van der Waals surface area contributed by atoms with Gasteiger partial charge in [0.25, 0.3) is 5.91 Å². The van der Waals surface area contributed by atoms with Gasteiger partial charge in [0.15, 0.2) is 0 Å². The van der Waals surface area contributed by atoms with E-state index in [1.807, 2.05) is 43.3 Å². The molecule has 4 rings (SSSR count). The summed E-state index contributed by atoms with van der Waals surface area (Å²) < 4.78 is 6.31. The predicted octanol–water partition coefficient (Wildman–Crippen LogP) is 5.06. The molecule has 6 heteroatoms. The molecule has 1 fully saturated rings. The van der Waals surface area contributed by atoms with Gasteiger partial charge in [-0.3, -0.25) is 9.59 Å². The molecule has 0 radical (unpaired) electrons. The standard InChI is InChI=1S/C23H25BrN2O3/c1-15-9-10-16(13-20(15)29-2)25-22(28)23(11-4-3-5-12-23)26-14-18-17(21(26)27)7-6-8-19(18)24/h6-10,13H,3-5,11-12,14H2,1-2H3,(H,25,28). The fraction of sp³-hybridized carbons (Fsp3) is 0.391. The number of carbonyl (C=O) groups is 2. The Hall–Kier alpha value is -2.34. The van der Waals surface area contributed by atoms with Gasteiger partial charge in [-0.15, -0.1) is 0 Å². The molecular formula is C23H25BrN2O3. The number of nitrogens with zero attached hydrogens (tertiary/aromatic N) is 1. The molecule has 0 aromatic heterocycles. The molecule has 2 aromatic rings. The minimum absolute atomic E-state index is 0.0557. The van der Waals surface area contributed by atoms with E-state index < -0.39 is 5.54 Å². The quantitative estimate of drug-likeness (QED) is 0.698. The smallest absolute Gasteiger partial charge is 0.255 e. The van der Waals surface area contributed by atoms with Gasteiger partial charge in [0.05, 0.1) is 7.11 Å². The van der Waals surface area contributed by atoms with Crippen molar-refractivity contribution in [3.63, 3.8) is 0 Å². The van der Waals surface area contributed by atoms with Gasteiger partial charge < -0.3 is 15.0 Å². The highest BCUT2D eigenvalue weighted by atomic mass is 79.9. The largest absolute Gasteiger partial charge is 0.496 e. The zero-order valence-electron chi connectivity index (χ0n) is 16.8. The van der Waals surface area contributed by atoms with Crippen molar-refractivity contribution in [1.82, 2.24) is 4.90 Å². The molecule has 0 unspecified atom stereocenters. The SMILES string of the molecule is COc1cc(NC(=O)C2(N3Cc4c(Br)cccc4C3=O)CCCCC2)ccc1C. The minimum Gasteiger partial charge on any atom is -0.496 e. The first-order valence-electron chi connectivity index (χ1n) is 10.0. The molecule has 1 aliphatic carbocycles. The van der Waals surface area contributed by atoms with Crippen LogP contribution >= 0.6 is 15.9 Å². The number of carbonyl (C=O) groups excluding carboxylic acids is 2. The van der Waals surface area contributed by atoms with Crippen LogP contribution in [0.25, 0.3) is 0 Å². The second-order valence-electron chi connectivity index (χ2n) is 7.89. The van der Waals surface area contributed by atoms with E-state index in [9.17, 15) is 9.59 Å². The van der Waals surface area contributed by atoms with E-state index in [0.717, 1.165) is 40.6 Å². The number of fused-ring (bicyclic) bond motifs is 1. The van der Waals surface area contributed by atoms with Crippen LogP contribution in [0.1, 0.15) is 53.6 Å². The maximum Gasteiger partial charge on any atom is 0.255 e. The lowest BCUT2D eigenvalue weighted by Crippen LogP contribution is -2.58. The minimum atomic E-state index is -0.827. The van der Waals surface area contributed by atoms with E-state index >= 15 is 0 Å². The van der Waals surface area contributed by atoms with Crippen molar-refractivity contribution < 1.29 is 14.3 Å². The van der Waals surface area contributed by atoms with E-state index in [2.05, 4.69) is 21.2 Å². The lowest BCUT2D eigenvalue weighted by atomic mass is 9.79. The number of hydrogen-bond acceptors (Lipinski definition) is 3. The number of anilines is 1. The van der Waals surface area contributed by atoms with Gasteiger partial charge >= 0.3 is 0 Å². The number of amides is 2. The van der Waals surface area contributed by atoms with Crippen molar-refractivity contribution >= 4 is 33.4 Å². The first kappa shape index (κ1) is 20.0. The Labute approximate surface area is 179 Å². The number of aryl methyl sites for hydroxylation is 1. The van der Waals surface area contributed by atoms with Crippen LogP contribution < -0.4 is 10.1 Å². The van der Waals surface area contributed by atoms with Gasteiger partial charge in [-0.25, -0.2) is 0 Å². The first-order valence-corrected chi connectivity index (χ1v) is 10.8. The monoisotopic (exact) mass is 456 g/mol. The lowest BCUT2D eigenvalue weighted by Gasteiger charge is -2.43. The fourth-order valence-corrected chi connectivity index (χ4v) is 5.03. The second kappa shape index (κ2) is 7.82. The Morgan fingerprint density at radius 3 is 2.62 bits per heavy atom. The first-order chi connectivity index (χ1) is 14.0. The molecule has 1 saturated carbocycles. The topological polar surface area (TPSA) is 58.6 Å². The third-order valence-corrected chi connectivity index (χ3v) is 6.94. The highest BCUT2D eigenvalue weighted by Gasteiger charge is 2.50. The van der Waals surface area contributed by atoms with Crippen molar-refractivity contribution in [3.05, 3.63) is 57.6 Å². The summed E-state index contributed by atoms with van der Waals surface area (Å²) in [4.78, 5) is 28.6. The van der Waals surface area contributed by atoms with Gasteiger partial charge in [-0.2, -0.15) is 0 Å². The van der Waals surface area contributed by atoms with Gasteiger partial charge in [-0.1, -0.05) is 47.3 Å². The van der Waals surface area contributed by atoms with Crippen molar-refractivity contribution in [1.29, 1.82) is 0 Å². The molecule has 5 nitrogen and oxygen atoms in total. The van der Waals surface area contributed by atoms with Crippen LogP contribution in [0.3, 0.4) is 0 Å². The van der Waals surface area contributed by atoms with Crippen LogP contribution in [0, 0.1) is 6.92 Å². The van der Waals surface area contributed by atoms with Crippen molar-refractivity contribution in [2.75, 3.05) is 12.4 Å². The second-order valence-corrected chi connectivity index (χ2v) is 8.74. The summed E-state index contributed by atoms with van der Waals surface area (Å²) >= 11 is 3.56. The molecule has 1 heterocycles. The summed E-state index contributed by atoms with van der Waals surface area (Å²) in [6, 6.07) is 11.3. The van der Waals surface area contributed by atoms with Crippen molar-refractivity contribution in [2.24, 2.45) is 0 Å². The fourth-order valence-electron chi connectivity index (χ4n) is 4.54. The van der Waals surface area contributed by atoms with Gasteiger partial charge in [0.2, 0.25) is 5.91 Å². The van der Waals surface area contributed by atoms with Crippen LogP contribution in [-0.2, 0) is 11.3 Å². The zero-order valence-corrected chi connectivity index (χ0v) is 18.3. The van der Waals surface area contributed by atoms with Crippen molar-refractivity contribution in [3.8, 4) is 5.75 Å². The predicted molar refractivity (Wildman–Crippen MR) is 116 cm³/mol. The summed E-state index contributed by atoms with van der Waals surface area (Å²) in [6.07, 6.45) is 4.32. The van der Waals surface area contributed by atoms with E-state index in [1.54, 1.807) is 12.0 Å². The third-order valence-electron chi connectivity index (χ3n) is 6.20. The molecule has 0 atom stereocenters. The lowest BCUT2D eigenvalue weighted by molar-refractivity contribution is -0.129. The molecule has 2 amide bonds. The summed E-state index contributed by atoms with van der Waals surface area (Å²) in [7, 11) is 1.62. The van der Waals surface area contributed by atoms with E-state index in [4.69, 9.17) is 4.74 Å². The summed E-state index contributed by atoms with van der Waals surface area (Å²) in [5.74, 6) is 0.564. The van der Waals surface area contributed by atoms with Gasteiger partial charge in [-0.05, 0) is 49.1 Å². The average Bonchev–Trinajstić information content (AvgIpc) is 3.08. The van der Waals surface area contributed by atoms with Crippen LogP contribution in [0.2, 0.25) is 0 Å². The molecule has 2 aliphatic rings. The number of ether oxygens (including phenoxy) is 1. The van der Waals surface area contributed by atoms with Crippen molar-refractivity contribution in [2.45, 2.75) is 51.1 Å². The Balaban J connectivity index is 1.67. The maximum atomic E-state index is 13.6. The molecule has 2 aromatic carbocycles. The molecule has 29 heavy (non-hydrogen) atoms. The molecule has 1 aliphatic heterocycles. The number of halogens is 1. The number of hydrogen-bond donors (Lipinski definition) is 1. The van der Waals surface area contributed by atoms with E-state index in [1.165, 1.54) is 0 Å². The van der Waals surface area contributed by atoms with Crippen LogP contribution in [0.15, 0.2) is 40.9 Å². The van der Waals surface area contributed by atoms with Crippen LogP contribution in [0.5, 0.6) is 5.75 Å². The zero-order chi connectivity index (χ0) is 20.6. The number of methoxy groups -OCH3 is 1. The summed E-state index contributed by atoms with van der Waals surface area (Å²) in [6.45, 7) is 2.42. The number of rotatable bonds is 4. The van der Waals surface area contributed by atoms with Crippen LogP contribution in [-0.4, -0.2) is 29.4 Å².